The Kier molecular flexibility index (Phi) is 4.65. The van der Waals surface area contributed by atoms with Crippen LogP contribution in [0.5, 0.6) is 5.75 Å². The molecule has 0 amide bonds. The van der Waals surface area contributed by atoms with Crippen LogP contribution < -0.4 is 10.5 Å². The van der Waals surface area contributed by atoms with Crippen LogP contribution >= 0.6 is 31.9 Å². The lowest BCUT2D eigenvalue weighted by molar-refractivity contribution is 0.358. The lowest BCUT2D eigenvalue weighted by Crippen LogP contribution is -1.99. The van der Waals surface area contributed by atoms with Crippen LogP contribution in [0.15, 0.2) is 33.7 Å². The van der Waals surface area contributed by atoms with Crippen LogP contribution in [0.1, 0.15) is 5.56 Å². The first kappa shape index (κ1) is 11.8. The maximum absolute atomic E-state index is 5.54. The number of hydrogen-bond donors (Lipinski definition) is 1. The van der Waals surface area contributed by atoms with Crippen LogP contribution in [0.2, 0.25) is 0 Å². The zero-order valence-corrected chi connectivity index (χ0v) is 10.8. The van der Waals surface area contributed by atoms with E-state index in [2.05, 4.69) is 38.4 Å². The molecule has 0 aromatic heterocycles. The standard InChI is InChI=1S/C10H11Br2NO/c1-2-3-14-10-8(11)4-7(6-13)5-9(10)12/h2,4-5H,1,3,6,13H2. The molecule has 0 heterocycles. The fourth-order valence-electron chi connectivity index (χ4n) is 1.01. The summed E-state index contributed by atoms with van der Waals surface area (Å²) in [6.45, 7) is 4.59. The third-order valence-electron chi connectivity index (χ3n) is 1.64. The third-order valence-corrected chi connectivity index (χ3v) is 2.82. The van der Waals surface area contributed by atoms with Gasteiger partial charge in [0.25, 0.3) is 0 Å². The highest BCUT2D eigenvalue weighted by Crippen LogP contribution is 2.34. The second-order valence-corrected chi connectivity index (χ2v) is 4.40. The Labute approximate surface area is 100 Å². The van der Waals surface area contributed by atoms with E-state index in [0.29, 0.717) is 13.2 Å². The molecule has 0 fully saturated rings. The molecule has 0 saturated heterocycles. The first-order valence-electron chi connectivity index (χ1n) is 4.10. The van der Waals surface area contributed by atoms with E-state index < -0.39 is 0 Å². The monoisotopic (exact) mass is 319 g/mol. The van der Waals surface area contributed by atoms with Crippen molar-refractivity contribution in [3.8, 4) is 5.75 Å². The summed E-state index contributed by atoms with van der Waals surface area (Å²) in [5, 5.41) is 0. The van der Waals surface area contributed by atoms with E-state index in [0.717, 1.165) is 20.3 Å². The Bertz CT molecular complexity index is 316. The molecular formula is C10H11Br2NO. The summed E-state index contributed by atoms with van der Waals surface area (Å²) < 4.78 is 7.26. The molecule has 0 atom stereocenters. The highest BCUT2D eigenvalue weighted by Gasteiger charge is 2.07. The number of hydrogen-bond acceptors (Lipinski definition) is 2. The number of benzene rings is 1. The third kappa shape index (κ3) is 2.83. The Morgan fingerprint density at radius 2 is 1.93 bits per heavy atom. The van der Waals surface area contributed by atoms with Crippen molar-refractivity contribution in [2.45, 2.75) is 6.54 Å². The second kappa shape index (κ2) is 5.53. The van der Waals surface area contributed by atoms with Crippen LogP contribution in [-0.4, -0.2) is 6.61 Å². The Balaban J connectivity index is 2.98. The van der Waals surface area contributed by atoms with E-state index in [1.54, 1.807) is 6.08 Å². The molecule has 0 bridgehead atoms. The molecule has 0 aliphatic rings. The van der Waals surface area contributed by atoms with Gasteiger partial charge < -0.3 is 10.5 Å². The first-order valence-corrected chi connectivity index (χ1v) is 5.69. The van der Waals surface area contributed by atoms with E-state index in [4.69, 9.17) is 10.5 Å². The Morgan fingerprint density at radius 1 is 1.36 bits per heavy atom. The zero-order chi connectivity index (χ0) is 10.6. The van der Waals surface area contributed by atoms with Gasteiger partial charge in [0.05, 0.1) is 8.95 Å². The van der Waals surface area contributed by atoms with E-state index in [9.17, 15) is 0 Å². The molecule has 2 nitrogen and oxygen atoms in total. The minimum atomic E-state index is 0.485. The lowest BCUT2D eigenvalue weighted by Gasteiger charge is -2.09. The largest absolute Gasteiger partial charge is 0.487 e. The van der Waals surface area contributed by atoms with Crippen molar-refractivity contribution in [2.24, 2.45) is 5.73 Å². The van der Waals surface area contributed by atoms with Crippen LogP contribution in [0.4, 0.5) is 0 Å². The van der Waals surface area contributed by atoms with Crippen LogP contribution in [0, 0.1) is 0 Å². The smallest absolute Gasteiger partial charge is 0.148 e. The normalized spacial score (nSPS) is 9.93. The molecule has 2 N–H and O–H groups in total. The Hall–Kier alpha value is -0.320. The number of rotatable bonds is 4. The van der Waals surface area contributed by atoms with Gasteiger partial charge in [-0.3, -0.25) is 0 Å². The average molecular weight is 321 g/mol. The van der Waals surface area contributed by atoms with Gasteiger partial charge >= 0.3 is 0 Å². The quantitative estimate of drug-likeness (QED) is 0.864. The fraction of sp³-hybridized carbons (Fsp3) is 0.200. The maximum Gasteiger partial charge on any atom is 0.148 e. The summed E-state index contributed by atoms with van der Waals surface area (Å²) in [7, 11) is 0. The molecule has 4 heteroatoms. The summed E-state index contributed by atoms with van der Waals surface area (Å²) >= 11 is 6.85. The van der Waals surface area contributed by atoms with E-state index >= 15 is 0 Å². The summed E-state index contributed by atoms with van der Waals surface area (Å²) in [4.78, 5) is 0. The summed E-state index contributed by atoms with van der Waals surface area (Å²) in [5.74, 6) is 0.780. The molecule has 0 aliphatic heterocycles. The lowest BCUT2D eigenvalue weighted by atomic mass is 10.2. The predicted molar refractivity (Wildman–Crippen MR) is 65.4 cm³/mol. The summed E-state index contributed by atoms with van der Waals surface area (Å²) in [5.41, 5.74) is 6.59. The van der Waals surface area contributed by atoms with Crippen LogP contribution in [0.25, 0.3) is 0 Å². The molecule has 1 aromatic rings. The number of ether oxygens (including phenoxy) is 1. The summed E-state index contributed by atoms with van der Waals surface area (Å²) in [6.07, 6.45) is 1.70. The van der Waals surface area contributed by atoms with Gasteiger partial charge in [-0.25, -0.2) is 0 Å². The molecule has 0 unspecified atom stereocenters. The Morgan fingerprint density at radius 3 is 2.36 bits per heavy atom. The minimum Gasteiger partial charge on any atom is -0.487 e. The van der Waals surface area contributed by atoms with Gasteiger partial charge in [-0.1, -0.05) is 12.7 Å². The van der Waals surface area contributed by atoms with Crippen LogP contribution in [0.3, 0.4) is 0 Å². The molecule has 0 aliphatic carbocycles. The van der Waals surface area contributed by atoms with Crippen molar-refractivity contribution in [1.82, 2.24) is 0 Å². The van der Waals surface area contributed by atoms with Gasteiger partial charge in [-0.05, 0) is 49.6 Å². The minimum absolute atomic E-state index is 0.485. The van der Waals surface area contributed by atoms with Gasteiger partial charge in [0.2, 0.25) is 0 Å². The molecule has 1 aromatic carbocycles. The van der Waals surface area contributed by atoms with Crippen LogP contribution in [-0.2, 0) is 6.54 Å². The van der Waals surface area contributed by atoms with Crippen molar-refractivity contribution in [3.05, 3.63) is 39.3 Å². The van der Waals surface area contributed by atoms with Crippen molar-refractivity contribution in [2.75, 3.05) is 6.61 Å². The topological polar surface area (TPSA) is 35.2 Å². The highest BCUT2D eigenvalue weighted by atomic mass is 79.9. The molecule has 0 spiro atoms. The van der Waals surface area contributed by atoms with Crippen molar-refractivity contribution < 1.29 is 4.74 Å². The molecular weight excluding hydrogens is 310 g/mol. The van der Waals surface area contributed by atoms with Gasteiger partial charge in [0.1, 0.15) is 12.4 Å². The van der Waals surface area contributed by atoms with Gasteiger partial charge in [-0.15, -0.1) is 0 Å². The molecule has 14 heavy (non-hydrogen) atoms. The SMILES string of the molecule is C=CCOc1c(Br)cc(CN)cc1Br. The van der Waals surface area contributed by atoms with E-state index in [1.165, 1.54) is 0 Å². The number of nitrogens with two attached hydrogens (primary N) is 1. The van der Waals surface area contributed by atoms with Gasteiger partial charge in [-0.2, -0.15) is 0 Å². The number of halogens is 2. The summed E-state index contributed by atoms with van der Waals surface area (Å²) in [6, 6.07) is 3.90. The van der Waals surface area contributed by atoms with Gasteiger partial charge in [0.15, 0.2) is 0 Å². The second-order valence-electron chi connectivity index (χ2n) is 2.69. The van der Waals surface area contributed by atoms with Crippen molar-refractivity contribution >= 4 is 31.9 Å². The van der Waals surface area contributed by atoms with E-state index in [-0.39, 0.29) is 0 Å². The van der Waals surface area contributed by atoms with Crippen molar-refractivity contribution in [3.63, 3.8) is 0 Å². The van der Waals surface area contributed by atoms with Gasteiger partial charge in [0, 0.05) is 6.54 Å². The van der Waals surface area contributed by atoms with Crippen molar-refractivity contribution in [1.29, 1.82) is 0 Å². The molecule has 0 radical (unpaired) electrons. The zero-order valence-electron chi connectivity index (χ0n) is 7.59. The average Bonchev–Trinajstić information content (AvgIpc) is 2.16. The molecule has 0 saturated carbocycles. The first-order chi connectivity index (χ1) is 6.69. The van der Waals surface area contributed by atoms with E-state index in [1.807, 2.05) is 12.1 Å². The molecule has 1 rings (SSSR count). The molecule has 76 valence electrons. The highest BCUT2D eigenvalue weighted by molar-refractivity contribution is 9.11. The maximum atomic E-state index is 5.54. The fourth-order valence-corrected chi connectivity index (χ4v) is 2.52. The predicted octanol–water partition coefficient (Wildman–Crippen LogP) is 3.24.